The van der Waals surface area contributed by atoms with Crippen LogP contribution in [-0.4, -0.2) is 31.7 Å². The monoisotopic (exact) mass is 267 g/mol. The minimum absolute atomic E-state index is 0.0998. The van der Waals surface area contributed by atoms with Gasteiger partial charge in [-0.3, -0.25) is 5.43 Å². The molecule has 0 amide bonds. The third-order valence-electron chi connectivity index (χ3n) is 2.27. The smallest absolute Gasteiger partial charge is 0.184 e. The highest BCUT2D eigenvalue weighted by Crippen LogP contribution is 2.35. The Bertz CT molecular complexity index is 491. The summed E-state index contributed by atoms with van der Waals surface area (Å²) in [5.74, 6) is 1.96. The fourth-order valence-electron chi connectivity index (χ4n) is 1.53. The molecule has 0 unspecified atom stereocenters. The fraction of sp³-hybridized carbons (Fsp3) is 0.273. The second-order valence-corrected chi connectivity index (χ2v) is 3.91. The minimum atomic E-state index is 0.0998. The highest BCUT2D eigenvalue weighted by Gasteiger charge is 2.15. The van der Waals surface area contributed by atoms with Gasteiger partial charge in [0.2, 0.25) is 0 Å². The van der Waals surface area contributed by atoms with Crippen molar-refractivity contribution in [2.45, 2.75) is 0 Å². The quantitative estimate of drug-likeness (QED) is 0.475. The maximum absolute atomic E-state index is 5.48. The van der Waals surface area contributed by atoms with Crippen LogP contribution < -0.4 is 25.4 Å². The Labute approximate surface area is 110 Å². The Morgan fingerprint density at radius 1 is 1.44 bits per heavy atom. The predicted molar refractivity (Wildman–Crippen MR) is 71.5 cm³/mol. The molecule has 0 saturated heterocycles. The van der Waals surface area contributed by atoms with Crippen LogP contribution in [0.15, 0.2) is 17.2 Å². The molecule has 6 nitrogen and oxygen atoms in total. The van der Waals surface area contributed by atoms with Crippen LogP contribution in [0, 0.1) is 0 Å². The molecule has 7 heteroatoms. The zero-order valence-corrected chi connectivity index (χ0v) is 10.6. The van der Waals surface area contributed by atoms with Gasteiger partial charge in [-0.05, 0) is 18.3 Å². The van der Waals surface area contributed by atoms with Crippen LogP contribution in [0.4, 0.5) is 0 Å². The lowest BCUT2D eigenvalue weighted by Crippen LogP contribution is -2.24. The van der Waals surface area contributed by atoms with Crippen molar-refractivity contribution in [1.82, 2.24) is 5.43 Å². The van der Waals surface area contributed by atoms with Crippen molar-refractivity contribution in [1.29, 1.82) is 0 Å². The van der Waals surface area contributed by atoms with Crippen LogP contribution in [0.3, 0.4) is 0 Å². The first kappa shape index (κ1) is 12.4. The van der Waals surface area contributed by atoms with Crippen LogP contribution in [-0.2, 0) is 0 Å². The van der Waals surface area contributed by atoms with E-state index in [-0.39, 0.29) is 5.11 Å². The average molecular weight is 267 g/mol. The molecule has 0 aliphatic carbocycles. The van der Waals surface area contributed by atoms with Gasteiger partial charge in [-0.15, -0.1) is 0 Å². The number of benzene rings is 1. The van der Waals surface area contributed by atoms with Gasteiger partial charge in [0, 0.05) is 11.6 Å². The molecule has 1 aliphatic rings. The van der Waals surface area contributed by atoms with Gasteiger partial charge in [0.05, 0.1) is 13.3 Å². The maximum atomic E-state index is 5.48. The number of nitrogens with zero attached hydrogens (tertiary/aromatic N) is 1. The minimum Gasteiger partial charge on any atom is -0.496 e. The number of ether oxygens (including phenoxy) is 3. The Balaban J connectivity index is 2.27. The van der Waals surface area contributed by atoms with E-state index in [4.69, 9.17) is 19.9 Å². The van der Waals surface area contributed by atoms with Gasteiger partial charge in [0.25, 0.3) is 0 Å². The van der Waals surface area contributed by atoms with E-state index in [2.05, 4.69) is 22.7 Å². The van der Waals surface area contributed by atoms with Crippen molar-refractivity contribution in [3.8, 4) is 17.2 Å². The number of nitrogens with one attached hydrogen (secondary N) is 1. The van der Waals surface area contributed by atoms with Crippen molar-refractivity contribution in [2.75, 3.05) is 20.3 Å². The van der Waals surface area contributed by atoms with Crippen LogP contribution in [0.5, 0.6) is 17.2 Å². The summed E-state index contributed by atoms with van der Waals surface area (Å²) >= 11 is 4.65. The normalized spacial score (nSPS) is 13.4. The molecule has 0 spiro atoms. The largest absolute Gasteiger partial charge is 0.496 e. The SMILES string of the molecule is COc1cc2c(cc1C=NNC(N)=S)OCCO2. The van der Waals surface area contributed by atoms with Gasteiger partial charge in [-0.2, -0.15) is 5.10 Å². The molecule has 1 aliphatic heterocycles. The first-order valence-electron chi connectivity index (χ1n) is 5.27. The number of fused-ring (bicyclic) bond motifs is 1. The zero-order valence-electron chi connectivity index (χ0n) is 9.80. The molecule has 1 aromatic rings. The van der Waals surface area contributed by atoms with Gasteiger partial charge in [-0.25, -0.2) is 0 Å². The van der Waals surface area contributed by atoms with E-state index in [9.17, 15) is 0 Å². The lowest BCUT2D eigenvalue weighted by molar-refractivity contribution is 0.171. The Hall–Kier alpha value is -2.02. The second-order valence-electron chi connectivity index (χ2n) is 3.47. The molecule has 0 atom stereocenters. The summed E-state index contributed by atoms with van der Waals surface area (Å²) in [7, 11) is 1.57. The van der Waals surface area contributed by atoms with Crippen LogP contribution >= 0.6 is 12.2 Å². The van der Waals surface area contributed by atoms with Gasteiger partial charge in [0.1, 0.15) is 19.0 Å². The Kier molecular flexibility index (Phi) is 3.83. The number of rotatable bonds is 3. The summed E-state index contributed by atoms with van der Waals surface area (Å²) in [5, 5.41) is 3.98. The van der Waals surface area contributed by atoms with Gasteiger partial charge in [-0.1, -0.05) is 0 Å². The number of hydrogen-bond acceptors (Lipinski definition) is 5. The zero-order chi connectivity index (χ0) is 13.0. The number of thiocarbonyl (C=S) groups is 1. The van der Waals surface area contributed by atoms with E-state index >= 15 is 0 Å². The summed E-state index contributed by atoms with van der Waals surface area (Å²) in [6.07, 6.45) is 1.55. The first-order valence-corrected chi connectivity index (χ1v) is 5.67. The van der Waals surface area contributed by atoms with E-state index in [1.165, 1.54) is 0 Å². The second kappa shape index (κ2) is 5.54. The molecule has 0 aromatic heterocycles. The molecular formula is C11H13N3O3S. The molecule has 18 heavy (non-hydrogen) atoms. The lowest BCUT2D eigenvalue weighted by Gasteiger charge is -2.19. The molecule has 0 saturated carbocycles. The third-order valence-corrected chi connectivity index (χ3v) is 2.36. The highest BCUT2D eigenvalue weighted by molar-refractivity contribution is 7.80. The Morgan fingerprint density at radius 3 is 2.72 bits per heavy atom. The molecule has 96 valence electrons. The van der Waals surface area contributed by atoms with Crippen LogP contribution in [0.1, 0.15) is 5.56 Å². The molecular weight excluding hydrogens is 254 g/mol. The van der Waals surface area contributed by atoms with Crippen molar-refractivity contribution < 1.29 is 14.2 Å². The molecule has 3 N–H and O–H groups in total. The van der Waals surface area contributed by atoms with E-state index in [1.807, 2.05) is 0 Å². The number of methoxy groups -OCH3 is 1. The summed E-state index contributed by atoms with van der Waals surface area (Å²) in [5.41, 5.74) is 8.49. The van der Waals surface area contributed by atoms with Crippen molar-refractivity contribution in [2.24, 2.45) is 10.8 Å². The van der Waals surface area contributed by atoms with E-state index in [0.29, 0.717) is 30.5 Å². The van der Waals surface area contributed by atoms with Crippen molar-refractivity contribution in [3.05, 3.63) is 17.7 Å². The van der Waals surface area contributed by atoms with E-state index in [0.717, 1.165) is 5.56 Å². The lowest BCUT2D eigenvalue weighted by atomic mass is 10.2. The van der Waals surface area contributed by atoms with E-state index in [1.54, 1.807) is 25.5 Å². The van der Waals surface area contributed by atoms with Crippen molar-refractivity contribution >= 4 is 23.5 Å². The predicted octanol–water partition coefficient (Wildman–Crippen LogP) is 0.633. The third kappa shape index (κ3) is 2.80. The highest BCUT2D eigenvalue weighted by atomic mass is 32.1. The number of nitrogens with two attached hydrogens (primary N) is 1. The van der Waals surface area contributed by atoms with Gasteiger partial charge in [0.15, 0.2) is 16.6 Å². The topological polar surface area (TPSA) is 78.1 Å². The first-order chi connectivity index (χ1) is 8.70. The van der Waals surface area contributed by atoms with Crippen molar-refractivity contribution in [3.63, 3.8) is 0 Å². The summed E-state index contributed by atoms with van der Waals surface area (Å²) in [6, 6.07) is 3.55. The van der Waals surface area contributed by atoms with Crippen LogP contribution in [0.2, 0.25) is 0 Å². The van der Waals surface area contributed by atoms with Gasteiger partial charge >= 0.3 is 0 Å². The fourth-order valence-corrected chi connectivity index (χ4v) is 1.58. The summed E-state index contributed by atoms with van der Waals surface area (Å²) < 4.78 is 16.2. The maximum Gasteiger partial charge on any atom is 0.184 e. The summed E-state index contributed by atoms with van der Waals surface area (Å²) in [6.45, 7) is 1.06. The van der Waals surface area contributed by atoms with E-state index < -0.39 is 0 Å². The summed E-state index contributed by atoms with van der Waals surface area (Å²) in [4.78, 5) is 0. The van der Waals surface area contributed by atoms with Gasteiger partial charge < -0.3 is 19.9 Å². The van der Waals surface area contributed by atoms with Crippen LogP contribution in [0.25, 0.3) is 0 Å². The molecule has 1 heterocycles. The number of hydrazone groups is 1. The Morgan fingerprint density at radius 2 is 2.11 bits per heavy atom. The standard InChI is InChI=1S/C11H13N3O3S/c1-15-8-5-10-9(16-2-3-17-10)4-7(8)6-13-14-11(12)18/h4-6H,2-3H2,1H3,(H3,12,14,18). The number of hydrogen-bond donors (Lipinski definition) is 2. The molecule has 0 bridgehead atoms. The average Bonchev–Trinajstić information content (AvgIpc) is 2.37. The molecule has 2 rings (SSSR count). The molecule has 0 fully saturated rings. The molecule has 0 radical (unpaired) electrons. The molecule has 1 aromatic carbocycles.